The van der Waals surface area contributed by atoms with Crippen molar-refractivity contribution in [2.75, 3.05) is 0 Å². The van der Waals surface area contributed by atoms with E-state index in [4.69, 9.17) is 17.3 Å². The van der Waals surface area contributed by atoms with Gasteiger partial charge in [-0.25, -0.2) is 4.39 Å². The highest BCUT2D eigenvalue weighted by atomic mass is 79.9. The monoisotopic (exact) mass is 327 g/mol. The fraction of sp³-hybridized carbons (Fsp3) is 0.143. The summed E-state index contributed by atoms with van der Waals surface area (Å²) < 4.78 is 14.5. The first-order valence-corrected chi connectivity index (χ1v) is 6.62. The number of benzene rings is 2. The Kier molecular flexibility index (Phi) is 4.05. The third-order valence-electron chi connectivity index (χ3n) is 2.79. The van der Waals surface area contributed by atoms with Gasteiger partial charge in [-0.2, -0.15) is 0 Å². The molecule has 0 aromatic heterocycles. The third-order valence-corrected chi connectivity index (χ3v) is 4.00. The Morgan fingerprint density at radius 3 is 2.61 bits per heavy atom. The quantitative estimate of drug-likeness (QED) is 0.856. The number of hydrogen-bond donors (Lipinski definition) is 1. The van der Waals surface area contributed by atoms with E-state index in [1.165, 1.54) is 6.07 Å². The molecular formula is C14H12BrClFN. The SMILES string of the molecule is Cc1ccc(F)c(C(N)c2ccc(Cl)c(Br)c2)c1. The lowest BCUT2D eigenvalue weighted by Crippen LogP contribution is -2.13. The van der Waals surface area contributed by atoms with Crippen LogP contribution in [0, 0.1) is 12.7 Å². The molecular weight excluding hydrogens is 317 g/mol. The van der Waals surface area contributed by atoms with Crippen molar-refractivity contribution >= 4 is 27.5 Å². The molecule has 0 saturated heterocycles. The van der Waals surface area contributed by atoms with Crippen molar-refractivity contribution < 1.29 is 4.39 Å². The first-order chi connectivity index (χ1) is 8.49. The zero-order chi connectivity index (χ0) is 13.3. The molecule has 0 aliphatic rings. The highest BCUT2D eigenvalue weighted by Gasteiger charge is 2.14. The Morgan fingerprint density at radius 2 is 1.94 bits per heavy atom. The van der Waals surface area contributed by atoms with E-state index >= 15 is 0 Å². The molecule has 2 rings (SSSR count). The van der Waals surface area contributed by atoms with E-state index in [2.05, 4.69) is 15.9 Å². The van der Waals surface area contributed by atoms with E-state index in [1.54, 1.807) is 24.3 Å². The van der Waals surface area contributed by atoms with Gasteiger partial charge in [-0.3, -0.25) is 0 Å². The smallest absolute Gasteiger partial charge is 0.128 e. The van der Waals surface area contributed by atoms with E-state index in [0.717, 1.165) is 15.6 Å². The lowest BCUT2D eigenvalue weighted by atomic mass is 9.98. The van der Waals surface area contributed by atoms with Crippen LogP contribution < -0.4 is 5.73 Å². The molecule has 2 aromatic rings. The second kappa shape index (κ2) is 5.39. The summed E-state index contributed by atoms with van der Waals surface area (Å²) in [5.41, 5.74) is 8.39. The van der Waals surface area contributed by atoms with Crippen molar-refractivity contribution in [3.8, 4) is 0 Å². The third kappa shape index (κ3) is 2.74. The summed E-state index contributed by atoms with van der Waals surface area (Å²) in [5.74, 6) is -0.292. The molecule has 0 fully saturated rings. The van der Waals surface area contributed by atoms with Gasteiger partial charge in [0.05, 0.1) is 11.1 Å². The molecule has 0 aliphatic heterocycles. The van der Waals surface area contributed by atoms with E-state index in [-0.39, 0.29) is 5.82 Å². The van der Waals surface area contributed by atoms with E-state index in [9.17, 15) is 4.39 Å². The summed E-state index contributed by atoms with van der Waals surface area (Å²) in [7, 11) is 0. The van der Waals surface area contributed by atoms with Crippen LogP contribution >= 0.6 is 27.5 Å². The van der Waals surface area contributed by atoms with Gasteiger partial charge < -0.3 is 5.73 Å². The van der Waals surface area contributed by atoms with Crippen molar-refractivity contribution in [2.45, 2.75) is 13.0 Å². The summed E-state index contributed by atoms with van der Waals surface area (Å²) >= 11 is 9.26. The predicted octanol–water partition coefficient (Wildman–Crippen LogP) is 4.60. The highest BCUT2D eigenvalue weighted by molar-refractivity contribution is 9.10. The predicted molar refractivity (Wildman–Crippen MR) is 76.3 cm³/mol. The molecule has 0 radical (unpaired) electrons. The summed E-state index contributed by atoms with van der Waals surface area (Å²) in [6.45, 7) is 1.91. The second-order valence-corrected chi connectivity index (χ2v) is 5.44. The van der Waals surface area contributed by atoms with Crippen LogP contribution in [0.5, 0.6) is 0 Å². The maximum Gasteiger partial charge on any atom is 0.128 e. The van der Waals surface area contributed by atoms with Gasteiger partial charge in [-0.05, 0) is 46.6 Å². The average molecular weight is 329 g/mol. The van der Waals surface area contributed by atoms with Gasteiger partial charge in [0.25, 0.3) is 0 Å². The number of rotatable bonds is 2. The van der Waals surface area contributed by atoms with Gasteiger partial charge in [0.15, 0.2) is 0 Å². The van der Waals surface area contributed by atoms with Gasteiger partial charge in [0.1, 0.15) is 5.82 Å². The fourth-order valence-electron chi connectivity index (χ4n) is 1.79. The maximum atomic E-state index is 13.8. The van der Waals surface area contributed by atoms with Crippen LogP contribution in [0.15, 0.2) is 40.9 Å². The zero-order valence-electron chi connectivity index (χ0n) is 9.75. The molecule has 18 heavy (non-hydrogen) atoms. The maximum absolute atomic E-state index is 13.8. The molecule has 1 unspecified atom stereocenters. The van der Waals surface area contributed by atoms with E-state index in [0.29, 0.717) is 10.6 Å². The molecule has 2 N–H and O–H groups in total. The van der Waals surface area contributed by atoms with Crippen LogP contribution in [0.4, 0.5) is 4.39 Å². The summed E-state index contributed by atoms with van der Waals surface area (Å²) in [5, 5.41) is 0.607. The lowest BCUT2D eigenvalue weighted by molar-refractivity contribution is 0.599. The molecule has 0 aliphatic carbocycles. The first kappa shape index (κ1) is 13.5. The molecule has 1 nitrogen and oxygen atoms in total. The Bertz CT molecular complexity index is 586. The Labute approximate surface area is 119 Å². The van der Waals surface area contributed by atoms with Crippen molar-refractivity contribution in [1.29, 1.82) is 0 Å². The Morgan fingerprint density at radius 1 is 1.22 bits per heavy atom. The molecule has 1 atom stereocenters. The van der Waals surface area contributed by atoms with Gasteiger partial charge in [0.2, 0.25) is 0 Å². The highest BCUT2D eigenvalue weighted by Crippen LogP contribution is 2.29. The number of aryl methyl sites for hydroxylation is 1. The first-order valence-electron chi connectivity index (χ1n) is 5.45. The molecule has 0 saturated carbocycles. The van der Waals surface area contributed by atoms with Crippen molar-refractivity contribution in [3.63, 3.8) is 0 Å². The van der Waals surface area contributed by atoms with Crippen LogP contribution in [0.1, 0.15) is 22.7 Å². The standard InChI is InChI=1S/C14H12BrClFN/c1-8-2-5-13(17)10(6-8)14(18)9-3-4-12(16)11(15)7-9/h2-7,14H,18H2,1H3. The number of halogens is 3. The average Bonchev–Trinajstić information content (AvgIpc) is 2.35. The number of hydrogen-bond acceptors (Lipinski definition) is 1. The zero-order valence-corrected chi connectivity index (χ0v) is 12.1. The molecule has 0 bridgehead atoms. The van der Waals surface area contributed by atoms with Crippen LogP contribution in [-0.4, -0.2) is 0 Å². The van der Waals surface area contributed by atoms with Crippen LogP contribution in [0.25, 0.3) is 0 Å². The van der Waals surface area contributed by atoms with Crippen molar-refractivity contribution in [3.05, 3.63) is 68.4 Å². The largest absolute Gasteiger partial charge is 0.320 e. The van der Waals surface area contributed by atoms with E-state index in [1.807, 2.05) is 13.0 Å². The van der Waals surface area contributed by atoms with E-state index < -0.39 is 6.04 Å². The lowest BCUT2D eigenvalue weighted by Gasteiger charge is -2.15. The Hall–Kier alpha value is -0.900. The van der Waals surface area contributed by atoms with Crippen molar-refractivity contribution in [1.82, 2.24) is 0 Å². The second-order valence-electron chi connectivity index (χ2n) is 4.18. The van der Waals surface area contributed by atoms with Gasteiger partial charge in [0, 0.05) is 10.0 Å². The van der Waals surface area contributed by atoms with Gasteiger partial charge in [-0.15, -0.1) is 0 Å². The Balaban J connectivity index is 2.44. The number of nitrogens with two attached hydrogens (primary N) is 1. The summed E-state index contributed by atoms with van der Waals surface area (Å²) in [6, 6.07) is 9.79. The van der Waals surface area contributed by atoms with Crippen LogP contribution in [-0.2, 0) is 0 Å². The normalized spacial score (nSPS) is 12.5. The van der Waals surface area contributed by atoms with Crippen molar-refractivity contribution in [2.24, 2.45) is 5.73 Å². The molecule has 0 heterocycles. The summed E-state index contributed by atoms with van der Waals surface area (Å²) in [4.78, 5) is 0. The molecule has 0 amide bonds. The summed E-state index contributed by atoms with van der Waals surface area (Å²) in [6.07, 6.45) is 0. The van der Waals surface area contributed by atoms with Gasteiger partial charge in [-0.1, -0.05) is 35.4 Å². The van der Waals surface area contributed by atoms with Crippen LogP contribution in [0.3, 0.4) is 0 Å². The minimum atomic E-state index is -0.501. The molecule has 0 spiro atoms. The van der Waals surface area contributed by atoms with Crippen LogP contribution in [0.2, 0.25) is 5.02 Å². The minimum Gasteiger partial charge on any atom is -0.320 e. The van der Waals surface area contributed by atoms with Gasteiger partial charge >= 0.3 is 0 Å². The fourth-order valence-corrected chi connectivity index (χ4v) is 2.30. The molecule has 4 heteroatoms. The minimum absolute atomic E-state index is 0.292. The molecule has 94 valence electrons. The topological polar surface area (TPSA) is 26.0 Å². The molecule has 2 aromatic carbocycles.